The molecule has 0 bridgehead atoms. The van der Waals surface area contributed by atoms with Gasteiger partial charge < -0.3 is 9.47 Å². The van der Waals surface area contributed by atoms with Crippen LogP contribution in [0, 0.1) is 34.0 Å². The summed E-state index contributed by atoms with van der Waals surface area (Å²) in [5.74, 6) is 0.670. The second kappa shape index (κ2) is 11.7. The number of ether oxygens (including phenoxy) is 2. The summed E-state index contributed by atoms with van der Waals surface area (Å²) in [4.78, 5) is 1.45. The molecule has 3 heterocycles. The average Bonchev–Trinajstić information content (AvgIpc) is 3.58. The fraction of sp³-hybridized carbons (Fsp3) is 0.0882. The molecule has 0 N–H and O–H groups in total. The molecule has 9 heteroatoms. The van der Waals surface area contributed by atoms with E-state index in [0.29, 0.717) is 16.4 Å². The topological polar surface area (TPSA) is 89.8 Å². The van der Waals surface area contributed by atoms with Gasteiger partial charge in [0.25, 0.3) is 0 Å². The summed E-state index contributed by atoms with van der Waals surface area (Å²) >= 11 is 1.33. The quantitative estimate of drug-likeness (QED) is 0.277. The molecule has 3 aromatic rings. The minimum Gasteiger partial charge on any atom is -0.470 e. The summed E-state index contributed by atoms with van der Waals surface area (Å²) in [6.45, 7) is 0.770. The van der Waals surface area contributed by atoms with Crippen molar-refractivity contribution >= 4 is 35.0 Å². The van der Waals surface area contributed by atoms with Crippen LogP contribution in [0.1, 0.15) is 27.8 Å². The maximum atomic E-state index is 14.1. The number of hydrogen-bond acceptors (Lipinski definition) is 6. The van der Waals surface area contributed by atoms with Crippen molar-refractivity contribution in [1.82, 2.24) is 0 Å². The van der Waals surface area contributed by atoms with E-state index in [4.69, 9.17) is 9.47 Å². The van der Waals surface area contributed by atoms with Crippen molar-refractivity contribution in [2.75, 3.05) is 0 Å². The first-order valence-electron chi connectivity index (χ1n) is 12.8. The number of thiophene rings is 1. The summed E-state index contributed by atoms with van der Waals surface area (Å²) in [5, 5.41) is 28.1. The third kappa shape index (κ3) is 5.78. The second-order valence-electron chi connectivity index (χ2n) is 9.53. The van der Waals surface area contributed by atoms with E-state index < -0.39 is 34.3 Å². The van der Waals surface area contributed by atoms with Gasteiger partial charge in [0.1, 0.15) is 35.3 Å². The maximum Gasteiger partial charge on any atom is 0.432 e. The highest BCUT2D eigenvalue weighted by Gasteiger charge is 2.60. The third-order valence-electron chi connectivity index (χ3n) is 6.72. The molecular formula is C34H20F3N3O2S. The molecule has 0 spiro atoms. The molecule has 1 aromatic heterocycles. The number of halogens is 3. The fourth-order valence-electron chi connectivity index (χ4n) is 4.50. The van der Waals surface area contributed by atoms with E-state index in [1.54, 1.807) is 12.1 Å². The van der Waals surface area contributed by atoms with Gasteiger partial charge in [-0.2, -0.15) is 29.0 Å². The van der Waals surface area contributed by atoms with Crippen LogP contribution >= 0.6 is 11.3 Å². The number of benzene rings is 2. The molecule has 0 aliphatic carbocycles. The van der Waals surface area contributed by atoms with Gasteiger partial charge in [-0.05, 0) is 48.9 Å². The van der Waals surface area contributed by atoms with Gasteiger partial charge in [-0.1, -0.05) is 66.7 Å². The van der Waals surface area contributed by atoms with E-state index in [1.807, 2.05) is 85.0 Å². The zero-order chi connectivity index (χ0) is 30.6. The SMILES string of the molecule is CC1(C(F)(F)F)OC(=C(C#N)C#N)C(C#N)=C1/C=C/c1ccc(C=C2C=C(c3ccccc3)OC(c3ccccc3)=C2)s1. The predicted octanol–water partition coefficient (Wildman–Crippen LogP) is 8.73. The minimum atomic E-state index is -4.92. The molecule has 0 amide bonds. The molecule has 0 radical (unpaired) electrons. The highest BCUT2D eigenvalue weighted by Crippen LogP contribution is 2.49. The zero-order valence-corrected chi connectivity index (χ0v) is 23.3. The average molecular weight is 592 g/mol. The molecule has 2 aromatic carbocycles. The van der Waals surface area contributed by atoms with Gasteiger partial charge >= 0.3 is 6.18 Å². The number of rotatable bonds is 5. The van der Waals surface area contributed by atoms with Crippen LogP contribution in [0.15, 0.2) is 119 Å². The maximum absolute atomic E-state index is 14.1. The van der Waals surface area contributed by atoms with Gasteiger partial charge in [-0.3, -0.25) is 0 Å². The lowest BCUT2D eigenvalue weighted by Gasteiger charge is -2.28. The van der Waals surface area contributed by atoms with Gasteiger partial charge in [-0.25, -0.2) is 0 Å². The Kier molecular flexibility index (Phi) is 7.90. The number of nitrogens with zero attached hydrogens (tertiary/aromatic N) is 3. The Balaban J connectivity index is 1.52. The normalized spacial score (nSPS) is 18.2. The molecule has 43 heavy (non-hydrogen) atoms. The molecule has 2 aliphatic rings. The van der Waals surface area contributed by atoms with Crippen LogP contribution in [0.3, 0.4) is 0 Å². The monoisotopic (exact) mass is 591 g/mol. The van der Waals surface area contributed by atoms with Crippen molar-refractivity contribution in [2.24, 2.45) is 0 Å². The summed E-state index contributed by atoms with van der Waals surface area (Å²) in [6, 6.07) is 27.6. The molecule has 0 saturated heterocycles. The van der Waals surface area contributed by atoms with Gasteiger partial charge in [-0.15, -0.1) is 11.3 Å². The van der Waals surface area contributed by atoms with Crippen molar-refractivity contribution in [2.45, 2.75) is 18.7 Å². The molecule has 210 valence electrons. The largest absolute Gasteiger partial charge is 0.470 e. The van der Waals surface area contributed by atoms with Crippen LogP contribution in [0.25, 0.3) is 23.7 Å². The van der Waals surface area contributed by atoms with Crippen LogP contribution in [-0.4, -0.2) is 11.8 Å². The van der Waals surface area contributed by atoms with Gasteiger partial charge in [0.2, 0.25) is 5.60 Å². The molecule has 2 aliphatic heterocycles. The highest BCUT2D eigenvalue weighted by molar-refractivity contribution is 7.13. The molecule has 0 saturated carbocycles. The van der Waals surface area contributed by atoms with Gasteiger partial charge in [0.15, 0.2) is 11.3 Å². The molecule has 0 fully saturated rings. The first kappa shape index (κ1) is 29.0. The number of alkyl halides is 3. The molecule has 1 unspecified atom stereocenters. The fourth-order valence-corrected chi connectivity index (χ4v) is 5.37. The van der Waals surface area contributed by atoms with E-state index in [0.717, 1.165) is 34.6 Å². The van der Waals surface area contributed by atoms with E-state index in [2.05, 4.69) is 0 Å². The highest BCUT2D eigenvalue weighted by atomic mass is 32.1. The smallest absolute Gasteiger partial charge is 0.432 e. The van der Waals surface area contributed by atoms with E-state index >= 15 is 0 Å². The standard InChI is InChI=1S/C34H20F3N3O2S/c1-33(34(35,36)37)29(28(21-40)32(42-33)25(19-38)20-39)15-14-26-12-13-27(43-26)16-22-17-30(23-8-4-2-5-9-23)41-31(18-22)24-10-6-3-7-11-24/h2-18H,1H3/b15-14+. The summed E-state index contributed by atoms with van der Waals surface area (Å²) in [7, 11) is 0. The third-order valence-corrected chi connectivity index (χ3v) is 7.72. The summed E-state index contributed by atoms with van der Waals surface area (Å²) < 4.78 is 53.7. The van der Waals surface area contributed by atoms with Crippen LogP contribution in [0.2, 0.25) is 0 Å². The summed E-state index contributed by atoms with van der Waals surface area (Å²) in [6.07, 6.45) is 3.47. The Hall–Kier alpha value is -5.56. The van der Waals surface area contributed by atoms with Gasteiger partial charge in [0.05, 0.1) is 0 Å². The first-order valence-corrected chi connectivity index (χ1v) is 13.7. The van der Waals surface area contributed by atoms with E-state index in [9.17, 15) is 29.0 Å². The molecule has 5 rings (SSSR count). The zero-order valence-electron chi connectivity index (χ0n) is 22.5. The van der Waals surface area contributed by atoms with Crippen LogP contribution in [0.5, 0.6) is 0 Å². The van der Waals surface area contributed by atoms with Crippen molar-refractivity contribution < 1.29 is 22.6 Å². The van der Waals surface area contributed by atoms with Crippen LogP contribution < -0.4 is 0 Å². The lowest BCUT2D eigenvalue weighted by molar-refractivity contribution is -0.236. The van der Waals surface area contributed by atoms with Crippen LogP contribution in [0.4, 0.5) is 13.2 Å². The minimum absolute atomic E-state index is 0.482. The number of allylic oxidation sites excluding steroid dienone is 5. The second-order valence-corrected chi connectivity index (χ2v) is 10.7. The van der Waals surface area contributed by atoms with E-state index in [-0.39, 0.29) is 0 Å². The number of nitriles is 3. The summed E-state index contributed by atoms with van der Waals surface area (Å²) in [5.41, 5.74) is -1.94. The van der Waals surface area contributed by atoms with Crippen molar-refractivity contribution in [3.63, 3.8) is 0 Å². The first-order chi connectivity index (χ1) is 20.7. The molecular weight excluding hydrogens is 571 g/mol. The van der Waals surface area contributed by atoms with Crippen molar-refractivity contribution in [1.29, 1.82) is 15.8 Å². The molecule has 5 nitrogen and oxygen atoms in total. The Bertz CT molecular complexity index is 1820. The lowest BCUT2D eigenvalue weighted by atomic mass is 9.92. The van der Waals surface area contributed by atoms with Crippen molar-refractivity contribution in [3.05, 3.63) is 140 Å². The predicted molar refractivity (Wildman–Crippen MR) is 158 cm³/mol. The van der Waals surface area contributed by atoms with Crippen LogP contribution in [-0.2, 0) is 9.47 Å². The number of hydrogen-bond donors (Lipinski definition) is 0. The van der Waals surface area contributed by atoms with Gasteiger partial charge in [0, 0.05) is 26.5 Å². The Labute approximate surface area is 250 Å². The van der Waals surface area contributed by atoms with Crippen molar-refractivity contribution in [3.8, 4) is 18.2 Å². The van der Waals surface area contributed by atoms with E-state index in [1.165, 1.54) is 29.6 Å². The molecule has 1 atom stereocenters. The Morgan fingerprint density at radius 2 is 1.37 bits per heavy atom. The Morgan fingerprint density at radius 3 is 1.88 bits per heavy atom. The Morgan fingerprint density at radius 1 is 0.814 bits per heavy atom. The lowest BCUT2D eigenvalue weighted by Crippen LogP contribution is -2.43.